The summed E-state index contributed by atoms with van der Waals surface area (Å²) in [6, 6.07) is 6.83. The van der Waals surface area contributed by atoms with Gasteiger partial charge < -0.3 is 16.2 Å². The van der Waals surface area contributed by atoms with E-state index in [-0.39, 0.29) is 12.3 Å². The molecule has 0 heterocycles. The number of phenols is 1. The van der Waals surface area contributed by atoms with Crippen LogP contribution >= 0.6 is 0 Å². The average molecular weight is 165 g/mol. The Kier molecular flexibility index (Phi) is 2.53. The number of nitrogens with two attached hydrogens (primary N) is 1. The van der Waals surface area contributed by atoms with Crippen molar-refractivity contribution in [3.05, 3.63) is 29.8 Å². The van der Waals surface area contributed by atoms with Crippen LogP contribution in [-0.2, 0) is 6.54 Å². The van der Waals surface area contributed by atoms with E-state index >= 15 is 0 Å². The van der Waals surface area contributed by atoms with E-state index in [4.69, 9.17) is 5.73 Å². The van der Waals surface area contributed by atoms with Crippen LogP contribution in [0.3, 0.4) is 0 Å². The number of nitrogens with one attached hydrogen (secondary N) is 1. The lowest BCUT2D eigenvalue weighted by molar-refractivity contribution is 0.248. The van der Waals surface area contributed by atoms with Crippen LogP contribution in [-0.4, -0.2) is 11.1 Å². The number of benzene rings is 1. The lowest BCUT2D eigenvalue weighted by atomic mass is 10.2. The third-order valence-corrected chi connectivity index (χ3v) is 1.38. The van der Waals surface area contributed by atoms with Gasteiger partial charge in [0.25, 0.3) is 0 Å². The molecule has 1 aromatic rings. The zero-order valence-corrected chi connectivity index (χ0v) is 6.37. The van der Waals surface area contributed by atoms with E-state index in [1.54, 1.807) is 12.1 Å². The Morgan fingerprint density at radius 3 is 3.08 bits per heavy atom. The molecule has 1 rings (SSSR count). The van der Waals surface area contributed by atoms with Gasteiger partial charge in [-0.05, 0) is 18.2 Å². The first-order valence-corrected chi connectivity index (χ1v) is 3.41. The molecule has 0 aliphatic carbocycles. The number of hydrogen-bond acceptors (Lipinski definition) is 2. The fourth-order valence-corrected chi connectivity index (χ4v) is 0.781. The molecular formula is C8H9N2O2. The summed E-state index contributed by atoms with van der Waals surface area (Å²) in [5.41, 5.74) is 5.44. The van der Waals surface area contributed by atoms with E-state index < -0.39 is 6.03 Å². The lowest BCUT2D eigenvalue weighted by Crippen LogP contribution is -2.28. The van der Waals surface area contributed by atoms with Crippen LogP contribution in [0.1, 0.15) is 5.56 Å². The van der Waals surface area contributed by atoms with Gasteiger partial charge in [0.1, 0.15) is 5.75 Å². The molecule has 0 saturated carbocycles. The van der Waals surface area contributed by atoms with Gasteiger partial charge in [0.05, 0.1) is 0 Å². The number of rotatable bonds is 2. The van der Waals surface area contributed by atoms with Crippen LogP contribution in [0.15, 0.2) is 18.2 Å². The highest BCUT2D eigenvalue weighted by Gasteiger charge is 1.99. The fraction of sp³-hybridized carbons (Fsp3) is 0.125. The molecule has 0 fully saturated rings. The Labute approximate surface area is 70.0 Å². The van der Waals surface area contributed by atoms with Crippen LogP contribution in [0.4, 0.5) is 4.79 Å². The second kappa shape index (κ2) is 3.61. The monoisotopic (exact) mass is 165 g/mol. The first-order valence-electron chi connectivity index (χ1n) is 3.41. The number of carbonyl (C=O) groups excluding carboxylic acids is 1. The topological polar surface area (TPSA) is 75.4 Å². The van der Waals surface area contributed by atoms with Crippen molar-refractivity contribution in [3.63, 3.8) is 0 Å². The van der Waals surface area contributed by atoms with Gasteiger partial charge in [-0.2, -0.15) is 0 Å². The summed E-state index contributed by atoms with van der Waals surface area (Å²) in [7, 11) is 0. The second-order valence-corrected chi connectivity index (χ2v) is 2.27. The zero-order chi connectivity index (χ0) is 8.97. The first-order chi connectivity index (χ1) is 5.70. The van der Waals surface area contributed by atoms with Crippen molar-refractivity contribution in [2.24, 2.45) is 5.73 Å². The van der Waals surface area contributed by atoms with Crippen molar-refractivity contribution in [3.8, 4) is 5.75 Å². The average Bonchev–Trinajstić information content (AvgIpc) is 2.03. The van der Waals surface area contributed by atoms with Gasteiger partial charge in [0.2, 0.25) is 0 Å². The molecule has 0 aromatic heterocycles. The molecule has 4 N–H and O–H groups in total. The number of carbonyl (C=O) groups is 1. The predicted octanol–water partition coefficient (Wildman–Crippen LogP) is 0.361. The fourth-order valence-electron chi connectivity index (χ4n) is 0.781. The second-order valence-electron chi connectivity index (χ2n) is 2.27. The standard InChI is InChI=1S/C8H9N2O2/c9-8(12)10-5-6-3-1-2-4-7(6)11/h2-4,11H,5H2,(H3,9,10,12). The Balaban J connectivity index is 2.63. The van der Waals surface area contributed by atoms with Crippen LogP contribution < -0.4 is 11.1 Å². The van der Waals surface area contributed by atoms with E-state index in [2.05, 4.69) is 11.4 Å². The van der Waals surface area contributed by atoms with Gasteiger partial charge in [0, 0.05) is 12.1 Å². The molecule has 0 unspecified atom stereocenters. The van der Waals surface area contributed by atoms with Gasteiger partial charge in [-0.15, -0.1) is 0 Å². The Morgan fingerprint density at radius 2 is 2.50 bits per heavy atom. The maximum absolute atomic E-state index is 10.3. The highest BCUT2D eigenvalue weighted by atomic mass is 16.3. The van der Waals surface area contributed by atoms with Gasteiger partial charge in [0.15, 0.2) is 0 Å². The minimum Gasteiger partial charge on any atom is -0.508 e. The number of hydrogen-bond donors (Lipinski definition) is 3. The summed E-state index contributed by atoms with van der Waals surface area (Å²) in [6.45, 7) is 0.221. The maximum Gasteiger partial charge on any atom is 0.312 e. The quantitative estimate of drug-likeness (QED) is 0.591. The molecule has 12 heavy (non-hydrogen) atoms. The number of phenolic OH excluding ortho intramolecular Hbond substituents is 1. The largest absolute Gasteiger partial charge is 0.508 e. The Bertz CT molecular complexity index is 286. The summed E-state index contributed by atoms with van der Waals surface area (Å²) in [5.74, 6) is 0.127. The summed E-state index contributed by atoms with van der Waals surface area (Å²) >= 11 is 0. The molecule has 0 aliphatic rings. The molecule has 0 aliphatic heterocycles. The summed E-state index contributed by atoms with van der Waals surface area (Å²) in [5, 5.41) is 11.6. The van der Waals surface area contributed by atoms with Crippen molar-refractivity contribution in [1.82, 2.24) is 5.32 Å². The zero-order valence-electron chi connectivity index (χ0n) is 6.37. The highest BCUT2D eigenvalue weighted by molar-refractivity contribution is 5.71. The minimum absolute atomic E-state index is 0.127. The summed E-state index contributed by atoms with van der Waals surface area (Å²) in [4.78, 5) is 10.3. The molecule has 0 spiro atoms. The molecule has 2 amide bonds. The third kappa shape index (κ3) is 2.16. The summed E-state index contributed by atoms with van der Waals surface area (Å²) in [6.07, 6.45) is 0. The van der Waals surface area contributed by atoms with E-state index in [0.29, 0.717) is 5.56 Å². The molecule has 1 radical (unpaired) electrons. The Hall–Kier alpha value is -1.71. The van der Waals surface area contributed by atoms with E-state index in [1.807, 2.05) is 0 Å². The van der Waals surface area contributed by atoms with Crippen LogP contribution in [0.25, 0.3) is 0 Å². The number of urea groups is 1. The maximum atomic E-state index is 10.3. The Morgan fingerprint density at radius 1 is 1.75 bits per heavy atom. The lowest BCUT2D eigenvalue weighted by Gasteiger charge is -2.03. The van der Waals surface area contributed by atoms with Crippen molar-refractivity contribution in [2.75, 3.05) is 0 Å². The first kappa shape index (κ1) is 8.39. The molecule has 0 saturated heterocycles. The third-order valence-electron chi connectivity index (χ3n) is 1.38. The van der Waals surface area contributed by atoms with Gasteiger partial charge in [-0.25, -0.2) is 4.79 Å². The SMILES string of the molecule is NC(=O)NCc1c[c]ccc1O. The van der Waals surface area contributed by atoms with Crippen molar-refractivity contribution >= 4 is 6.03 Å². The highest BCUT2D eigenvalue weighted by Crippen LogP contribution is 2.14. The normalized spacial score (nSPS) is 9.33. The molecule has 0 bridgehead atoms. The van der Waals surface area contributed by atoms with E-state index in [1.165, 1.54) is 6.07 Å². The summed E-state index contributed by atoms with van der Waals surface area (Å²) < 4.78 is 0. The predicted molar refractivity (Wildman–Crippen MR) is 43.4 cm³/mol. The molecule has 4 heteroatoms. The van der Waals surface area contributed by atoms with Gasteiger partial charge in [-0.3, -0.25) is 0 Å². The van der Waals surface area contributed by atoms with Crippen LogP contribution in [0.5, 0.6) is 5.75 Å². The van der Waals surface area contributed by atoms with E-state index in [0.717, 1.165) is 0 Å². The molecule has 4 nitrogen and oxygen atoms in total. The number of primary amides is 1. The number of aromatic hydroxyl groups is 1. The van der Waals surface area contributed by atoms with Gasteiger partial charge in [-0.1, -0.05) is 6.07 Å². The number of amides is 2. The van der Waals surface area contributed by atoms with Crippen molar-refractivity contribution in [1.29, 1.82) is 0 Å². The molecular weight excluding hydrogens is 156 g/mol. The molecule has 1 aromatic carbocycles. The van der Waals surface area contributed by atoms with E-state index in [9.17, 15) is 9.90 Å². The van der Waals surface area contributed by atoms with Crippen molar-refractivity contribution in [2.45, 2.75) is 6.54 Å². The van der Waals surface area contributed by atoms with Crippen LogP contribution in [0.2, 0.25) is 0 Å². The van der Waals surface area contributed by atoms with Gasteiger partial charge >= 0.3 is 6.03 Å². The minimum atomic E-state index is -0.613. The van der Waals surface area contributed by atoms with Crippen molar-refractivity contribution < 1.29 is 9.90 Å². The molecule has 63 valence electrons. The molecule has 0 atom stereocenters. The van der Waals surface area contributed by atoms with Crippen LogP contribution in [0, 0.1) is 6.07 Å². The smallest absolute Gasteiger partial charge is 0.312 e.